The summed E-state index contributed by atoms with van der Waals surface area (Å²) in [5, 5.41) is 0. The van der Waals surface area contributed by atoms with Crippen molar-refractivity contribution in [3.63, 3.8) is 0 Å². The molecule has 0 amide bonds. The van der Waals surface area contributed by atoms with Gasteiger partial charge in [-0.05, 0) is 5.92 Å². The Balaban J connectivity index is 4.16. The smallest absolute Gasteiger partial charge is 0.330 e. The van der Waals surface area contributed by atoms with Gasteiger partial charge in [-0.2, -0.15) is 13.2 Å². The van der Waals surface area contributed by atoms with Gasteiger partial charge in [0.25, 0.3) is 0 Å². The van der Waals surface area contributed by atoms with E-state index in [1.54, 1.807) is 13.8 Å². The summed E-state index contributed by atoms with van der Waals surface area (Å²) in [6, 6.07) is 0. The Morgan fingerprint density at radius 2 is 1.82 bits per heavy atom. The quantitative estimate of drug-likeness (QED) is 0.688. The zero-order valence-corrected chi connectivity index (χ0v) is 6.78. The van der Waals surface area contributed by atoms with Gasteiger partial charge in [-0.1, -0.05) is 20.3 Å². The Bertz CT molecular complexity index is 111. The van der Waals surface area contributed by atoms with Crippen LogP contribution in [0.1, 0.15) is 20.3 Å². The molecule has 1 nitrogen and oxygen atoms in total. The Hall–Kier alpha value is -0.250. The van der Waals surface area contributed by atoms with Crippen molar-refractivity contribution in [1.29, 1.82) is 0 Å². The summed E-state index contributed by atoms with van der Waals surface area (Å²) >= 11 is 0. The molecule has 4 heteroatoms. The molecule has 0 heterocycles. The number of hydrogen-bond acceptors (Lipinski definition) is 1. The van der Waals surface area contributed by atoms with Crippen LogP contribution < -0.4 is 5.73 Å². The second-order valence-corrected chi connectivity index (χ2v) is 2.77. The Kier molecular flexibility index (Phi) is 3.86. The molecule has 0 radical (unpaired) electrons. The Morgan fingerprint density at radius 1 is 1.36 bits per heavy atom. The van der Waals surface area contributed by atoms with Crippen LogP contribution in [0.2, 0.25) is 0 Å². The minimum Gasteiger partial charge on any atom is -0.330 e. The summed E-state index contributed by atoms with van der Waals surface area (Å²) in [6.45, 7) is 3.00. The first-order chi connectivity index (χ1) is 4.93. The van der Waals surface area contributed by atoms with E-state index < -0.39 is 12.1 Å². The van der Waals surface area contributed by atoms with E-state index in [0.29, 0.717) is 6.42 Å². The highest BCUT2D eigenvalue weighted by atomic mass is 19.4. The van der Waals surface area contributed by atoms with Crippen LogP contribution in [-0.4, -0.2) is 12.7 Å². The molecule has 0 aliphatic carbocycles. The van der Waals surface area contributed by atoms with Crippen LogP contribution in [0.15, 0.2) is 0 Å². The van der Waals surface area contributed by atoms with E-state index >= 15 is 0 Å². The lowest BCUT2D eigenvalue weighted by atomic mass is 9.91. The third-order valence-electron chi connectivity index (χ3n) is 2.01. The van der Waals surface area contributed by atoms with E-state index in [2.05, 4.69) is 0 Å². The third-order valence-corrected chi connectivity index (χ3v) is 2.01. The maximum Gasteiger partial charge on any atom is 0.393 e. The van der Waals surface area contributed by atoms with Gasteiger partial charge in [0.1, 0.15) is 0 Å². The topological polar surface area (TPSA) is 26.0 Å². The number of halogens is 3. The average molecular weight is 169 g/mol. The molecule has 0 fully saturated rings. The number of alkyl halides is 3. The van der Waals surface area contributed by atoms with Gasteiger partial charge >= 0.3 is 6.18 Å². The van der Waals surface area contributed by atoms with Crippen LogP contribution in [0.25, 0.3) is 0 Å². The van der Waals surface area contributed by atoms with Gasteiger partial charge in [-0.15, -0.1) is 0 Å². The minimum atomic E-state index is -4.13. The number of hydrogen-bond donors (Lipinski definition) is 1. The van der Waals surface area contributed by atoms with E-state index in [9.17, 15) is 13.2 Å². The van der Waals surface area contributed by atoms with Gasteiger partial charge in [0.05, 0.1) is 5.92 Å². The van der Waals surface area contributed by atoms with Gasteiger partial charge in [-0.3, -0.25) is 0 Å². The highest BCUT2D eigenvalue weighted by molar-refractivity contribution is 4.73. The molecule has 2 unspecified atom stereocenters. The zero-order chi connectivity index (χ0) is 9.07. The van der Waals surface area contributed by atoms with Gasteiger partial charge < -0.3 is 5.73 Å². The highest BCUT2D eigenvalue weighted by Gasteiger charge is 2.41. The first-order valence-corrected chi connectivity index (χ1v) is 3.70. The predicted molar refractivity (Wildman–Crippen MR) is 38.1 cm³/mol. The van der Waals surface area contributed by atoms with Crippen molar-refractivity contribution in [3.05, 3.63) is 0 Å². The molecule has 0 aliphatic rings. The summed E-state index contributed by atoms with van der Waals surface area (Å²) in [4.78, 5) is 0. The molecule has 0 saturated heterocycles. The summed E-state index contributed by atoms with van der Waals surface area (Å²) < 4.78 is 36.2. The third kappa shape index (κ3) is 3.10. The van der Waals surface area contributed by atoms with E-state index in [0.717, 1.165) is 0 Å². The van der Waals surface area contributed by atoms with Gasteiger partial charge in [-0.25, -0.2) is 0 Å². The van der Waals surface area contributed by atoms with Crippen LogP contribution in [0.5, 0.6) is 0 Å². The van der Waals surface area contributed by atoms with E-state index in [1.165, 1.54) is 0 Å². The normalized spacial score (nSPS) is 18.0. The van der Waals surface area contributed by atoms with Gasteiger partial charge in [0, 0.05) is 6.54 Å². The SMILES string of the molecule is CCC(C)C(CN)C(F)(F)F. The van der Waals surface area contributed by atoms with E-state index in [-0.39, 0.29) is 12.5 Å². The van der Waals surface area contributed by atoms with Crippen molar-refractivity contribution in [2.45, 2.75) is 26.4 Å². The van der Waals surface area contributed by atoms with Crippen LogP contribution in [-0.2, 0) is 0 Å². The fourth-order valence-corrected chi connectivity index (χ4v) is 0.973. The summed E-state index contributed by atoms with van der Waals surface area (Å²) in [5.74, 6) is -1.72. The molecule has 0 aromatic rings. The van der Waals surface area contributed by atoms with Crippen LogP contribution >= 0.6 is 0 Å². The fraction of sp³-hybridized carbons (Fsp3) is 1.00. The minimum absolute atomic E-state index is 0.307. The van der Waals surface area contributed by atoms with Crippen LogP contribution in [0.4, 0.5) is 13.2 Å². The lowest BCUT2D eigenvalue weighted by Crippen LogP contribution is -2.35. The molecular formula is C7H14F3N. The predicted octanol–water partition coefficient (Wildman–Crippen LogP) is 2.17. The summed E-state index contributed by atoms with van der Waals surface area (Å²) in [5.41, 5.74) is 5.02. The maximum atomic E-state index is 12.1. The molecule has 0 rings (SSSR count). The lowest BCUT2D eigenvalue weighted by Gasteiger charge is -2.23. The second kappa shape index (κ2) is 3.95. The van der Waals surface area contributed by atoms with E-state index in [4.69, 9.17) is 5.73 Å². The number of rotatable bonds is 3. The monoisotopic (exact) mass is 169 g/mol. The van der Waals surface area contributed by atoms with Crippen molar-refractivity contribution in [2.75, 3.05) is 6.54 Å². The Morgan fingerprint density at radius 3 is 1.91 bits per heavy atom. The van der Waals surface area contributed by atoms with Gasteiger partial charge in [0.15, 0.2) is 0 Å². The molecule has 0 aromatic carbocycles. The lowest BCUT2D eigenvalue weighted by molar-refractivity contribution is -0.184. The molecule has 2 N–H and O–H groups in total. The van der Waals surface area contributed by atoms with Gasteiger partial charge in [0.2, 0.25) is 0 Å². The number of nitrogens with two attached hydrogens (primary N) is 1. The molecule has 0 spiro atoms. The molecule has 0 bridgehead atoms. The van der Waals surface area contributed by atoms with Crippen LogP contribution in [0, 0.1) is 11.8 Å². The standard InChI is InChI=1S/C7H14F3N/c1-3-5(2)6(4-11)7(8,9)10/h5-6H,3-4,11H2,1-2H3. The second-order valence-electron chi connectivity index (χ2n) is 2.77. The largest absolute Gasteiger partial charge is 0.393 e. The molecule has 68 valence electrons. The summed E-state index contributed by atoms with van der Waals surface area (Å²) in [6.07, 6.45) is -3.62. The maximum absolute atomic E-state index is 12.1. The Labute approximate surface area is 64.8 Å². The molecule has 2 atom stereocenters. The van der Waals surface area contributed by atoms with Crippen molar-refractivity contribution in [3.8, 4) is 0 Å². The average Bonchev–Trinajstić information content (AvgIpc) is 1.86. The van der Waals surface area contributed by atoms with Crippen LogP contribution in [0.3, 0.4) is 0 Å². The molecule has 11 heavy (non-hydrogen) atoms. The fourth-order valence-electron chi connectivity index (χ4n) is 0.973. The van der Waals surface area contributed by atoms with Crippen molar-refractivity contribution >= 4 is 0 Å². The van der Waals surface area contributed by atoms with Crippen molar-refractivity contribution < 1.29 is 13.2 Å². The van der Waals surface area contributed by atoms with E-state index in [1.807, 2.05) is 0 Å². The summed E-state index contributed by atoms with van der Waals surface area (Å²) in [7, 11) is 0. The first-order valence-electron chi connectivity index (χ1n) is 3.70. The molecule has 0 aliphatic heterocycles. The highest BCUT2D eigenvalue weighted by Crippen LogP contribution is 2.32. The first kappa shape index (κ1) is 10.8. The molecular weight excluding hydrogens is 155 g/mol. The van der Waals surface area contributed by atoms with Crippen molar-refractivity contribution in [2.24, 2.45) is 17.6 Å². The molecule has 0 saturated carbocycles. The van der Waals surface area contributed by atoms with Crippen molar-refractivity contribution in [1.82, 2.24) is 0 Å². The molecule has 0 aromatic heterocycles. The zero-order valence-electron chi connectivity index (χ0n) is 6.78.